The zero-order valence-electron chi connectivity index (χ0n) is 8.79. The van der Waals surface area contributed by atoms with Gasteiger partial charge in [0.15, 0.2) is 0 Å². The minimum absolute atomic E-state index is 0.0320. The Morgan fingerprint density at radius 3 is 2.21 bits per heavy atom. The second kappa shape index (κ2) is 3.33. The molecule has 76 valence electrons. The van der Waals surface area contributed by atoms with Crippen molar-refractivity contribution in [2.75, 3.05) is 5.73 Å². The van der Waals surface area contributed by atoms with Crippen LogP contribution in [0.15, 0.2) is 18.2 Å². The van der Waals surface area contributed by atoms with Crippen molar-refractivity contribution in [2.45, 2.75) is 26.2 Å². The zero-order chi connectivity index (χ0) is 10.9. The molecule has 0 heterocycles. The van der Waals surface area contributed by atoms with E-state index < -0.39 is 5.91 Å². The first-order valence-electron chi connectivity index (χ1n) is 4.52. The Morgan fingerprint density at radius 2 is 1.86 bits per heavy atom. The number of hydrogen-bond donors (Lipinski definition) is 2. The first-order chi connectivity index (χ1) is 6.32. The second-order valence-corrected chi connectivity index (χ2v) is 4.42. The van der Waals surface area contributed by atoms with Gasteiger partial charge in [-0.05, 0) is 23.1 Å². The Balaban J connectivity index is 3.20. The number of nitrogens with two attached hydrogens (primary N) is 2. The monoisotopic (exact) mass is 192 g/mol. The van der Waals surface area contributed by atoms with Gasteiger partial charge in [0.25, 0.3) is 5.91 Å². The molecular formula is C11H16N2O. The molecule has 0 aromatic heterocycles. The third-order valence-electron chi connectivity index (χ3n) is 2.18. The van der Waals surface area contributed by atoms with Crippen LogP contribution in [-0.2, 0) is 5.41 Å². The Labute approximate surface area is 84.1 Å². The highest BCUT2D eigenvalue weighted by atomic mass is 16.1. The fourth-order valence-corrected chi connectivity index (χ4v) is 1.25. The summed E-state index contributed by atoms with van der Waals surface area (Å²) in [6.45, 7) is 6.27. The molecule has 1 aromatic carbocycles. The Kier molecular flexibility index (Phi) is 2.51. The van der Waals surface area contributed by atoms with Crippen LogP contribution in [-0.4, -0.2) is 5.91 Å². The Hall–Kier alpha value is -1.51. The molecule has 3 heteroatoms. The highest BCUT2D eigenvalue weighted by molar-refractivity contribution is 5.98. The van der Waals surface area contributed by atoms with Gasteiger partial charge in [0.1, 0.15) is 0 Å². The van der Waals surface area contributed by atoms with E-state index in [4.69, 9.17) is 11.5 Å². The molecule has 4 N–H and O–H groups in total. The molecule has 14 heavy (non-hydrogen) atoms. The molecule has 0 aliphatic carbocycles. The maximum atomic E-state index is 10.9. The van der Waals surface area contributed by atoms with Crippen LogP contribution in [0.3, 0.4) is 0 Å². The number of amides is 1. The number of anilines is 1. The van der Waals surface area contributed by atoms with Gasteiger partial charge in [-0.2, -0.15) is 0 Å². The predicted octanol–water partition coefficient (Wildman–Crippen LogP) is 1.67. The molecule has 0 saturated heterocycles. The summed E-state index contributed by atoms with van der Waals surface area (Å²) in [6, 6.07) is 5.37. The van der Waals surface area contributed by atoms with Crippen molar-refractivity contribution in [3.05, 3.63) is 29.3 Å². The van der Waals surface area contributed by atoms with Gasteiger partial charge in [-0.25, -0.2) is 0 Å². The second-order valence-electron chi connectivity index (χ2n) is 4.42. The summed E-state index contributed by atoms with van der Waals surface area (Å²) in [5.74, 6) is -0.483. The van der Waals surface area contributed by atoms with Gasteiger partial charge in [-0.1, -0.05) is 26.8 Å². The summed E-state index contributed by atoms with van der Waals surface area (Å²) in [7, 11) is 0. The average molecular weight is 192 g/mol. The summed E-state index contributed by atoms with van der Waals surface area (Å²) in [4.78, 5) is 10.9. The van der Waals surface area contributed by atoms with E-state index in [1.165, 1.54) is 0 Å². The van der Waals surface area contributed by atoms with Gasteiger partial charge in [-0.3, -0.25) is 4.79 Å². The molecule has 0 aliphatic rings. The van der Waals surface area contributed by atoms with Crippen LogP contribution >= 0.6 is 0 Å². The van der Waals surface area contributed by atoms with E-state index in [-0.39, 0.29) is 5.41 Å². The minimum atomic E-state index is -0.483. The van der Waals surface area contributed by atoms with Crippen LogP contribution in [0.2, 0.25) is 0 Å². The summed E-state index contributed by atoms with van der Waals surface area (Å²) in [5.41, 5.74) is 12.8. The van der Waals surface area contributed by atoms with E-state index in [1.54, 1.807) is 12.1 Å². The molecular weight excluding hydrogens is 176 g/mol. The molecule has 0 atom stereocenters. The summed E-state index contributed by atoms with van der Waals surface area (Å²) < 4.78 is 0. The lowest BCUT2D eigenvalue weighted by Crippen LogP contribution is -2.16. The molecule has 0 saturated carbocycles. The summed E-state index contributed by atoms with van der Waals surface area (Å²) >= 11 is 0. The third-order valence-corrected chi connectivity index (χ3v) is 2.18. The van der Waals surface area contributed by atoms with E-state index in [2.05, 4.69) is 20.8 Å². The van der Waals surface area contributed by atoms with Crippen LogP contribution in [0.1, 0.15) is 36.7 Å². The Bertz CT molecular complexity index is 364. The van der Waals surface area contributed by atoms with Crippen molar-refractivity contribution >= 4 is 11.6 Å². The number of rotatable bonds is 1. The SMILES string of the molecule is CC(C)(C)c1ccc(C(N)=O)c(N)c1. The number of hydrogen-bond acceptors (Lipinski definition) is 2. The normalized spacial score (nSPS) is 11.4. The number of carbonyl (C=O) groups is 1. The van der Waals surface area contributed by atoms with Crippen LogP contribution in [0.4, 0.5) is 5.69 Å². The maximum absolute atomic E-state index is 10.9. The van der Waals surface area contributed by atoms with Crippen LogP contribution in [0.25, 0.3) is 0 Å². The van der Waals surface area contributed by atoms with E-state index in [9.17, 15) is 4.79 Å². The fourth-order valence-electron chi connectivity index (χ4n) is 1.25. The molecule has 3 nitrogen and oxygen atoms in total. The van der Waals surface area contributed by atoms with Crippen molar-refractivity contribution in [3.63, 3.8) is 0 Å². The van der Waals surface area contributed by atoms with E-state index in [0.717, 1.165) is 5.56 Å². The molecule has 0 aliphatic heterocycles. The fraction of sp³-hybridized carbons (Fsp3) is 0.364. The zero-order valence-corrected chi connectivity index (χ0v) is 8.79. The minimum Gasteiger partial charge on any atom is -0.398 e. The van der Waals surface area contributed by atoms with Crippen molar-refractivity contribution in [1.82, 2.24) is 0 Å². The van der Waals surface area contributed by atoms with Gasteiger partial charge in [0.2, 0.25) is 0 Å². The van der Waals surface area contributed by atoms with Gasteiger partial charge in [0, 0.05) is 5.69 Å². The quantitative estimate of drug-likeness (QED) is 0.664. The smallest absolute Gasteiger partial charge is 0.250 e. The first kappa shape index (κ1) is 10.6. The molecule has 0 spiro atoms. The lowest BCUT2D eigenvalue weighted by atomic mass is 9.86. The Morgan fingerprint density at radius 1 is 1.29 bits per heavy atom. The topological polar surface area (TPSA) is 69.1 Å². The number of benzene rings is 1. The highest BCUT2D eigenvalue weighted by Crippen LogP contribution is 2.25. The number of primary amides is 1. The van der Waals surface area contributed by atoms with Gasteiger partial charge in [0.05, 0.1) is 5.56 Å². The molecule has 1 amide bonds. The van der Waals surface area contributed by atoms with E-state index in [0.29, 0.717) is 11.3 Å². The van der Waals surface area contributed by atoms with Crippen molar-refractivity contribution in [1.29, 1.82) is 0 Å². The van der Waals surface area contributed by atoms with Crippen LogP contribution in [0, 0.1) is 0 Å². The van der Waals surface area contributed by atoms with E-state index >= 15 is 0 Å². The summed E-state index contributed by atoms with van der Waals surface area (Å²) in [5, 5.41) is 0. The lowest BCUT2D eigenvalue weighted by molar-refractivity contribution is 0.100. The van der Waals surface area contributed by atoms with Crippen LogP contribution < -0.4 is 11.5 Å². The first-order valence-corrected chi connectivity index (χ1v) is 4.52. The molecule has 0 radical (unpaired) electrons. The molecule has 1 rings (SSSR count). The third kappa shape index (κ3) is 2.05. The molecule has 0 fully saturated rings. The van der Waals surface area contributed by atoms with Crippen LogP contribution in [0.5, 0.6) is 0 Å². The lowest BCUT2D eigenvalue weighted by Gasteiger charge is -2.19. The average Bonchev–Trinajstić information content (AvgIpc) is 2.01. The van der Waals surface area contributed by atoms with Gasteiger partial charge < -0.3 is 11.5 Å². The van der Waals surface area contributed by atoms with Crippen molar-refractivity contribution in [3.8, 4) is 0 Å². The number of carbonyl (C=O) groups excluding carboxylic acids is 1. The predicted molar refractivity (Wildman–Crippen MR) is 58.1 cm³/mol. The molecule has 0 unspecified atom stereocenters. The van der Waals surface area contributed by atoms with Gasteiger partial charge >= 0.3 is 0 Å². The van der Waals surface area contributed by atoms with Gasteiger partial charge in [-0.15, -0.1) is 0 Å². The number of nitrogen functional groups attached to an aromatic ring is 1. The maximum Gasteiger partial charge on any atom is 0.250 e. The van der Waals surface area contributed by atoms with Crippen molar-refractivity contribution < 1.29 is 4.79 Å². The molecule has 0 bridgehead atoms. The summed E-state index contributed by atoms with van der Waals surface area (Å²) in [6.07, 6.45) is 0. The van der Waals surface area contributed by atoms with Crippen molar-refractivity contribution in [2.24, 2.45) is 5.73 Å². The van der Waals surface area contributed by atoms with E-state index in [1.807, 2.05) is 6.07 Å². The largest absolute Gasteiger partial charge is 0.398 e. The molecule has 1 aromatic rings. The highest BCUT2D eigenvalue weighted by Gasteiger charge is 2.15. The standard InChI is InChI=1S/C11H16N2O/c1-11(2,3)7-4-5-8(10(13)14)9(12)6-7/h4-6H,12H2,1-3H3,(H2,13,14).